The van der Waals surface area contributed by atoms with Gasteiger partial charge in [-0.2, -0.15) is 4.57 Å². The van der Waals surface area contributed by atoms with Crippen molar-refractivity contribution in [2.24, 2.45) is 12.8 Å². The molecule has 0 spiro atoms. The molecule has 0 aliphatic rings. The summed E-state index contributed by atoms with van der Waals surface area (Å²) in [6.07, 6.45) is 0.409. The lowest BCUT2D eigenvalue weighted by Gasteiger charge is -2.02. The summed E-state index contributed by atoms with van der Waals surface area (Å²) >= 11 is 1.54. The van der Waals surface area contributed by atoms with Gasteiger partial charge in [0, 0.05) is 13.3 Å². The summed E-state index contributed by atoms with van der Waals surface area (Å²) < 4.78 is 1.97. The number of carboxylic acid groups (broad SMARTS) is 1. The zero-order chi connectivity index (χ0) is 10.0. The van der Waals surface area contributed by atoms with Gasteiger partial charge in [-0.15, -0.1) is 0 Å². The molecular formula is C8H13N2O2S+. The van der Waals surface area contributed by atoms with Crippen molar-refractivity contribution < 1.29 is 14.5 Å². The lowest BCUT2D eigenvalue weighted by atomic mass is 10.2. The number of carbonyl (C=O) groups is 1. The van der Waals surface area contributed by atoms with E-state index < -0.39 is 12.0 Å². The van der Waals surface area contributed by atoms with E-state index in [1.807, 2.05) is 24.0 Å². The van der Waals surface area contributed by atoms with Gasteiger partial charge in [0.2, 0.25) is 5.51 Å². The number of aryl methyl sites for hydroxylation is 1. The Hall–Kier alpha value is -0.940. The van der Waals surface area contributed by atoms with Crippen molar-refractivity contribution >= 4 is 17.3 Å². The summed E-state index contributed by atoms with van der Waals surface area (Å²) in [5.74, 6) is -0.949. The number of aromatic nitrogens is 1. The van der Waals surface area contributed by atoms with E-state index in [4.69, 9.17) is 10.8 Å². The lowest BCUT2D eigenvalue weighted by molar-refractivity contribution is -0.672. The first-order valence-corrected chi connectivity index (χ1v) is 4.81. The maximum absolute atomic E-state index is 10.5. The molecule has 0 radical (unpaired) electrons. The standard InChI is InChI=1S/C8H12N2O2S/c1-5-7(13-4-10(5)2)3-6(9)8(11)12/h4,6H,3,9H2,1-2H3/p+1/t6-/m0/s1. The third-order valence-corrected chi connectivity index (χ3v) is 3.18. The highest BCUT2D eigenvalue weighted by molar-refractivity contribution is 7.09. The highest BCUT2D eigenvalue weighted by Gasteiger charge is 2.18. The van der Waals surface area contributed by atoms with Crippen molar-refractivity contribution in [1.29, 1.82) is 0 Å². The van der Waals surface area contributed by atoms with Crippen molar-refractivity contribution in [3.63, 3.8) is 0 Å². The molecule has 0 amide bonds. The van der Waals surface area contributed by atoms with E-state index >= 15 is 0 Å². The van der Waals surface area contributed by atoms with Crippen LogP contribution in [0.25, 0.3) is 0 Å². The van der Waals surface area contributed by atoms with Crippen LogP contribution < -0.4 is 10.3 Å². The number of hydrogen-bond donors (Lipinski definition) is 2. The molecule has 3 N–H and O–H groups in total. The number of nitrogens with zero attached hydrogens (tertiary/aromatic N) is 1. The Bertz CT molecular complexity index is 322. The van der Waals surface area contributed by atoms with Crippen LogP contribution in [-0.4, -0.2) is 17.1 Å². The van der Waals surface area contributed by atoms with Gasteiger partial charge >= 0.3 is 5.97 Å². The third kappa shape index (κ3) is 2.26. The van der Waals surface area contributed by atoms with Crippen LogP contribution in [0.15, 0.2) is 5.51 Å². The topological polar surface area (TPSA) is 67.2 Å². The largest absolute Gasteiger partial charge is 0.480 e. The zero-order valence-electron chi connectivity index (χ0n) is 7.65. The second-order valence-corrected chi connectivity index (χ2v) is 3.93. The predicted octanol–water partition coefficient (Wildman–Crippen LogP) is -0.165. The highest BCUT2D eigenvalue weighted by Crippen LogP contribution is 2.12. The summed E-state index contributed by atoms with van der Waals surface area (Å²) in [5, 5.41) is 8.61. The summed E-state index contributed by atoms with van der Waals surface area (Å²) in [4.78, 5) is 11.5. The Morgan fingerprint density at radius 1 is 1.85 bits per heavy atom. The molecule has 0 saturated carbocycles. The first-order valence-electron chi connectivity index (χ1n) is 3.93. The lowest BCUT2D eigenvalue weighted by Crippen LogP contribution is -2.33. The third-order valence-electron chi connectivity index (χ3n) is 2.01. The van der Waals surface area contributed by atoms with Gasteiger partial charge in [-0.3, -0.25) is 4.79 Å². The fourth-order valence-electron chi connectivity index (χ4n) is 0.987. The van der Waals surface area contributed by atoms with E-state index in [2.05, 4.69) is 0 Å². The minimum Gasteiger partial charge on any atom is -0.480 e. The molecule has 1 heterocycles. The average Bonchev–Trinajstić information content (AvgIpc) is 2.36. The quantitative estimate of drug-likeness (QED) is 0.667. The fourth-order valence-corrected chi connectivity index (χ4v) is 2.02. The molecular weight excluding hydrogens is 188 g/mol. The molecule has 0 aliphatic heterocycles. The fraction of sp³-hybridized carbons (Fsp3) is 0.500. The molecule has 0 aliphatic carbocycles. The van der Waals surface area contributed by atoms with Crippen LogP contribution in [0.4, 0.5) is 0 Å². The summed E-state index contributed by atoms with van der Waals surface area (Å²) in [7, 11) is 1.93. The summed E-state index contributed by atoms with van der Waals surface area (Å²) in [5.41, 5.74) is 8.45. The molecule has 0 bridgehead atoms. The van der Waals surface area contributed by atoms with Gasteiger partial charge in [0.1, 0.15) is 13.1 Å². The van der Waals surface area contributed by atoms with Gasteiger partial charge in [-0.1, -0.05) is 11.3 Å². The van der Waals surface area contributed by atoms with Gasteiger partial charge in [0.05, 0.1) is 4.88 Å². The van der Waals surface area contributed by atoms with Crippen LogP contribution in [0.2, 0.25) is 0 Å². The second-order valence-electron chi connectivity index (χ2n) is 2.99. The first kappa shape index (κ1) is 10.1. The maximum Gasteiger partial charge on any atom is 0.320 e. The molecule has 1 aromatic rings. The minimum absolute atomic E-state index is 0.409. The summed E-state index contributed by atoms with van der Waals surface area (Å²) in [6.45, 7) is 1.96. The molecule has 0 aromatic carbocycles. The van der Waals surface area contributed by atoms with Crippen molar-refractivity contribution in [2.45, 2.75) is 19.4 Å². The van der Waals surface area contributed by atoms with Crippen LogP contribution in [0, 0.1) is 6.92 Å². The Kier molecular flexibility index (Phi) is 3.00. The van der Waals surface area contributed by atoms with Gasteiger partial charge in [-0.05, 0) is 0 Å². The van der Waals surface area contributed by atoms with E-state index in [-0.39, 0.29) is 0 Å². The van der Waals surface area contributed by atoms with E-state index in [9.17, 15) is 4.79 Å². The number of nitrogens with two attached hydrogens (primary N) is 1. The first-order chi connectivity index (χ1) is 6.02. The monoisotopic (exact) mass is 201 g/mol. The number of carboxylic acids is 1. The molecule has 72 valence electrons. The number of rotatable bonds is 3. The van der Waals surface area contributed by atoms with Gasteiger partial charge in [0.25, 0.3) is 0 Å². The molecule has 1 rings (SSSR count). The Balaban J connectivity index is 2.74. The molecule has 0 saturated heterocycles. The van der Waals surface area contributed by atoms with E-state index in [1.54, 1.807) is 11.3 Å². The van der Waals surface area contributed by atoms with Crippen molar-refractivity contribution in [1.82, 2.24) is 0 Å². The van der Waals surface area contributed by atoms with E-state index in [0.717, 1.165) is 10.6 Å². The molecule has 0 fully saturated rings. The van der Waals surface area contributed by atoms with Crippen LogP contribution in [0.1, 0.15) is 10.6 Å². The smallest absolute Gasteiger partial charge is 0.320 e. The van der Waals surface area contributed by atoms with Crippen molar-refractivity contribution in [3.05, 3.63) is 16.1 Å². The average molecular weight is 201 g/mol. The molecule has 0 unspecified atom stereocenters. The Labute approximate surface area is 80.6 Å². The molecule has 4 nitrogen and oxygen atoms in total. The number of thiazole rings is 1. The van der Waals surface area contributed by atoms with Crippen LogP contribution >= 0.6 is 11.3 Å². The highest BCUT2D eigenvalue weighted by atomic mass is 32.1. The van der Waals surface area contributed by atoms with Gasteiger partial charge in [-0.25, -0.2) is 0 Å². The van der Waals surface area contributed by atoms with E-state index in [1.165, 1.54) is 0 Å². The van der Waals surface area contributed by atoms with Crippen molar-refractivity contribution in [2.75, 3.05) is 0 Å². The normalized spacial score (nSPS) is 12.8. The van der Waals surface area contributed by atoms with E-state index in [0.29, 0.717) is 6.42 Å². The van der Waals surface area contributed by atoms with Crippen LogP contribution in [0.5, 0.6) is 0 Å². The summed E-state index contributed by atoms with van der Waals surface area (Å²) in [6, 6.07) is -0.794. The van der Waals surface area contributed by atoms with Gasteiger partial charge in [0.15, 0.2) is 5.69 Å². The van der Waals surface area contributed by atoms with Crippen LogP contribution in [0.3, 0.4) is 0 Å². The van der Waals surface area contributed by atoms with Gasteiger partial charge < -0.3 is 10.8 Å². The molecule has 5 heteroatoms. The number of aliphatic carboxylic acids is 1. The molecule has 13 heavy (non-hydrogen) atoms. The van der Waals surface area contributed by atoms with Crippen LogP contribution in [-0.2, 0) is 18.3 Å². The molecule has 1 aromatic heterocycles. The predicted molar refractivity (Wildman–Crippen MR) is 49.5 cm³/mol. The number of hydrogen-bond acceptors (Lipinski definition) is 3. The Morgan fingerprint density at radius 3 is 2.85 bits per heavy atom. The van der Waals surface area contributed by atoms with Crippen molar-refractivity contribution in [3.8, 4) is 0 Å². The molecule has 1 atom stereocenters. The SMILES string of the molecule is Cc1c(C[C@H](N)C(=O)O)sc[n+]1C. The zero-order valence-corrected chi connectivity index (χ0v) is 8.47. The minimum atomic E-state index is -0.949. The Morgan fingerprint density at radius 2 is 2.46 bits per heavy atom. The maximum atomic E-state index is 10.5. The second kappa shape index (κ2) is 3.85.